The maximum absolute atomic E-state index is 4.79. The van der Waals surface area contributed by atoms with Crippen LogP contribution in [0.25, 0.3) is 27.8 Å². The summed E-state index contributed by atoms with van der Waals surface area (Å²) < 4.78 is 1.85. The highest BCUT2D eigenvalue weighted by atomic mass is 15.4. The number of benzene rings is 2. The lowest BCUT2D eigenvalue weighted by Crippen LogP contribution is -2.05. The summed E-state index contributed by atoms with van der Waals surface area (Å²) in [6, 6.07) is 24.4. The fourth-order valence-corrected chi connectivity index (χ4v) is 3.35. The largest absolute Gasteiger partial charge is 0.256 e. The summed E-state index contributed by atoms with van der Waals surface area (Å²) in [6.07, 6.45) is 1.81. The van der Waals surface area contributed by atoms with Gasteiger partial charge >= 0.3 is 0 Å². The van der Waals surface area contributed by atoms with E-state index in [1.165, 1.54) is 0 Å². The van der Waals surface area contributed by atoms with E-state index in [2.05, 4.69) is 52.4 Å². The first kappa shape index (κ1) is 15.6. The van der Waals surface area contributed by atoms with E-state index in [-0.39, 0.29) is 5.92 Å². The average molecular weight is 351 g/mol. The molecule has 5 heteroatoms. The first-order valence-electron chi connectivity index (χ1n) is 8.92. The topological polar surface area (TPSA) is 56.0 Å². The molecule has 0 N–H and O–H groups in total. The van der Waals surface area contributed by atoms with E-state index in [0.717, 1.165) is 39.2 Å². The highest BCUT2D eigenvalue weighted by Crippen LogP contribution is 2.26. The summed E-state index contributed by atoms with van der Waals surface area (Å²) in [7, 11) is 0. The van der Waals surface area contributed by atoms with Crippen molar-refractivity contribution in [3.05, 3.63) is 90.4 Å². The van der Waals surface area contributed by atoms with Crippen LogP contribution in [0.1, 0.15) is 24.2 Å². The zero-order valence-electron chi connectivity index (χ0n) is 14.8. The fraction of sp³-hybridized carbons (Fsp3) is 0.0909. The van der Waals surface area contributed by atoms with Crippen molar-refractivity contribution in [1.82, 2.24) is 24.8 Å². The normalized spacial score (nSPS) is 12.5. The third kappa shape index (κ3) is 2.73. The Bertz CT molecular complexity index is 1240. The zero-order valence-corrected chi connectivity index (χ0v) is 14.8. The van der Waals surface area contributed by atoms with Gasteiger partial charge in [0.2, 0.25) is 0 Å². The van der Waals surface area contributed by atoms with Gasteiger partial charge in [0.15, 0.2) is 11.5 Å². The molecule has 0 spiro atoms. The van der Waals surface area contributed by atoms with Crippen molar-refractivity contribution in [2.24, 2.45) is 0 Å². The molecule has 0 saturated carbocycles. The molecule has 0 saturated heterocycles. The second-order valence-corrected chi connectivity index (χ2v) is 6.59. The van der Waals surface area contributed by atoms with Crippen LogP contribution < -0.4 is 0 Å². The minimum Gasteiger partial charge on any atom is -0.256 e. The van der Waals surface area contributed by atoms with Gasteiger partial charge in [-0.1, -0.05) is 49.4 Å². The third-order valence-corrected chi connectivity index (χ3v) is 4.87. The lowest BCUT2D eigenvalue weighted by molar-refractivity contribution is 0.753. The predicted octanol–water partition coefficient (Wildman–Crippen LogP) is 4.49. The third-order valence-electron chi connectivity index (χ3n) is 4.87. The number of hydrogen-bond acceptors (Lipinski definition) is 4. The molecule has 0 radical (unpaired) electrons. The minimum atomic E-state index is 0.0585. The van der Waals surface area contributed by atoms with Crippen LogP contribution in [-0.4, -0.2) is 24.8 Å². The number of fused-ring (bicyclic) bond motifs is 2. The average Bonchev–Trinajstić information content (AvgIpc) is 3.16. The van der Waals surface area contributed by atoms with Crippen LogP contribution in [0.4, 0.5) is 0 Å². The van der Waals surface area contributed by atoms with Crippen molar-refractivity contribution in [2.75, 3.05) is 0 Å². The van der Waals surface area contributed by atoms with Crippen LogP contribution in [0.15, 0.2) is 79.0 Å². The van der Waals surface area contributed by atoms with E-state index >= 15 is 0 Å². The van der Waals surface area contributed by atoms with Gasteiger partial charge in [0.05, 0.1) is 11.2 Å². The molecule has 130 valence electrons. The van der Waals surface area contributed by atoms with E-state index < -0.39 is 0 Å². The monoisotopic (exact) mass is 351 g/mol. The van der Waals surface area contributed by atoms with Gasteiger partial charge in [0, 0.05) is 23.1 Å². The van der Waals surface area contributed by atoms with Crippen molar-refractivity contribution < 1.29 is 0 Å². The molecular weight excluding hydrogens is 334 g/mol. The highest BCUT2D eigenvalue weighted by Gasteiger charge is 2.17. The number of aromatic nitrogens is 5. The smallest absolute Gasteiger partial charge is 0.177 e. The van der Waals surface area contributed by atoms with Gasteiger partial charge in [-0.15, -0.1) is 10.2 Å². The van der Waals surface area contributed by atoms with Crippen molar-refractivity contribution in [2.45, 2.75) is 12.8 Å². The highest BCUT2D eigenvalue weighted by molar-refractivity contribution is 5.79. The molecule has 3 aromatic heterocycles. The molecule has 0 aliphatic carbocycles. The van der Waals surface area contributed by atoms with Gasteiger partial charge in [0.25, 0.3) is 0 Å². The lowest BCUT2D eigenvalue weighted by atomic mass is 9.98. The van der Waals surface area contributed by atoms with Crippen molar-refractivity contribution in [1.29, 1.82) is 0 Å². The van der Waals surface area contributed by atoms with Crippen LogP contribution in [0.3, 0.4) is 0 Å². The van der Waals surface area contributed by atoms with E-state index in [1.54, 1.807) is 0 Å². The first-order valence-corrected chi connectivity index (χ1v) is 8.92. The van der Waals surface area contributed by atoms with Crippen molar-refractivity contribution >= 4 is 16.6 Å². The quantitative estimate of drug-likeness (QED) is 0.480. The van der Waals surface area contributed by atoms with E-state index in [1.807, 2.05) is 53.2 Å². The van der Waals surface area contributed by atoms with Crippen LogP contribution in [-0.2, 0) is 0 Å². The summed E-state index contributed by atoms with van der Waals surface area (Å²) in [5.74, 6) is 0.883. The van der Waals surface area contributed by atoms with Gasteiger partial charge in [-0.25, -0.2) is 0 Å². The molecule has 0 amide bonds. The molecule has 0 bridgehead atoms. The maximum Gasteiger partial charge on any atom is 0.177 e. The Morgan fingerprint density at radius 2 is 1.74 bits per heavy atom. The number of pyridine rings is 1. The molecule has 5 nitrogen and oxygen atoms in total. The second-order valence-electron chi connectivity index (χ2n) is 6.59. The van der Waals surface area contributed by atoms with E-state index in [0.29, 0.717) is 0 Å². The maximum atomic E-state index is 4.79. The molecule has 3 heterocycles. The summed E-state index contributed by atoms with van der Waals surface area (Å²) in [5, 5.41) is 14.6. The molecule has 27 heavy (non-hydrogen) atoms. The van der Waals surface area contributed by atoms with Gasteiger partial charge in [-0.2, -0.15) is 9.61 Å². The molecular formula is C22H17N5. The Morgan fingerprint density at radius 1 is 0.852 bits per heavy atom. The minimum absolute atomic E-state index is 0.0585. The van der Waals surface area contributed by atoms with E-state index in [9.17, 15) is 0 Å². The summed E-state index contributed by atoms with van der Waals surface area (Å²) in [4.78, 5) is 4.39. The van der Waals surface area contributed by atoms with Crippen LogP contribution >= 0.6 is 0 Å². The summed E-state index contributed by atoms with van der Waals surface area (Å²) >= 11 is 0. The Labute approximate surface area is 156 Å². The Morgan fingerprint density at radius 3 is 2.63 bits per heavy atom. The molecule has 0 fully saturated rings. The predicted molar refractivity (Wildman–Crippen MR) is 105 cm³/mol. The van der Waals surface area contributed by atoms with E-state index in [4.69, 9.17) is 5.10 Å². The standard InChI is InChI=1S/C22H17N5/c1-15(17-9-10-19-18(14-17)8-5-13-23-19)22-25-24-21-12-11-20(26-27(21)22)16-6-3-2-4-7-16/h2-15H,1H3. The SMILES string of the molecule is CC(c1ccc2ncccc2c1)c1nnc2ccc(-c3ccccc3)nn12. The number of hydrogen-bond donors (Lipinski definition) is 0. The van der Waals surface area contributed by atoms with Gasteiger partial charge in [-0.05, 0) is 35.9 Å². The van der Waals surface area contributed by atoms with Crippen LogP contribution in [0.2, 0.25) is 0 Å². The van der Waals surface area contributed by atoms with Gasteiger partial charge in [-0.3, -0.25) is 4.98 Å². The Kier molecular flexibility index (Phi) is 3.64. The molecule has 1 atom stereocenters. The molecule has 0 aliphatic rings. The fourth-order valence-electron chi connectivity index (χ4n) is 3.35. The summed E-state index contributed by atoms with van der Waals surface area (Å²) in [6.45, 7) is 2.13. The summed E-state index contributed by atoms with van der Waals surface area (Å²) in [5.41, 5.74) is 4.88. The van der Waals surface area contributed by atoms with Crippen molar-refractivity contribution in [3.8, 4) is 11.3 Å². The molecule has 1 unspecified atom stereocenters. The van der Waals surface area contributed by atoms with Crippen LogP contribution in [0, 0.1) is 0 Å². The molecule has 0 aliphatic heterocycles. The lowest BCUT2D eigenvalue weighted by Gasteiger charge is -2.11. The van der Waals surface area contributed by atoms with Crippen LogP contribution in [0.5, 0.6) is 0 Å². The Hall–Kier alpha value is -3.60. The molecule has 5 aromatic rings. The van der Waals surface area contributed by atoms with Gasteiger partial charge < -0.3 is 0 Å². The number of rotatable bonds is 3. The molecule has 5 rings (SSSR count). The van der Waals surface area contributed by atoms with Gasteiger partial charge in [0.1, 0.15) is 0 Å². The Balaban J connectivity index is 1.60. The first-order chi connectivity index (χ1) is 13.3. The second kappa shape index (κ2) is 6.29. The number of nitrogens with zero attached hydrogens (tertiary/aromatic N) is 5. The zero-order chi connectivity index (χ0) is 18.2. The van der Waals surface area contributed by atoms with Crippen molar-refractivity contribution in [3.63, 3.8) is 0 Å². The molecule has 2 aromatic carbocycles.